The molecule has 3 aliphatic heterocycles. The van der Waals surface area contributed by atoms with E-state index in [-0.39, 0.29) is 25.0 Å². The predicted molar refractivity (Wildman–Crippen MR) is 77.1 cm³/mol. The maximum Gasteiger partial charge on any atom is 0.270 e. The van der Waals surface area contributed by atoms with E-state index in [2.05, 4.69) is 12.0 Å². The highest BCUT2D eigenvalue weighted by atomic mass is 31.2. The Kier molecular flexibility index (Phi) is 3.52. The summed E-state index contributed by atoms with van der Waals surface area (Å²) in [6.07, 6.45) is 2.11. The van der Waals surface area contributed by atoms with Gasteiger partial charge < -0.3 is 14.0 Å². The molecular formula is C14H26NO4P. The highest BCUT2D eigenvalue weighted by Crippen LogP contribution is 2.50. The van der Waals surface area contributed by atoms with E-state index < -0.39 is 32.9 Å². The molecule has 3 rings (SSSR count). The summed E-state index contributed by atoms with van der Waals surface area (Å²) in [5.41, 5.74) is 0. The average molecular weight is 308 g/mol. The van der Waals surface area contributed by atoms with Crippen LogP contribution in [0.2, 0.25) is 0 Å². The number of hydrogen-bond donors (Lipinski definition) is 1. The first-order chi connectivity index (χ1) is 10.9. The molecule has 0 bridgehead atoms. The van der Waals surface area contributed by atoms with Gasteiger partial charge in [0.05, 0.1) is 21.1 Å². The molecule has 0 aromatic heterocycles. The topological polar surface area (TPSA) is 56.8 Å². The average Bonchev–Trinajstić information content (AvgIpc) is 3.00. The quantitative estimate of drug-likeness (QED) is 0.812. The van der Waals surface area contributed by atoms with Gasteiger partial charge in [0.2, 0.25) is 0 Å². The van der Waals surface area contributed by atoms with Crippen molar-refractivity contribution in [3.05, 3.63) is 0 Å². The van der Waals surface area contributed by atoms with Crippen molar-refractivity contribution in [3.8, 4) is 0 Å². The third kappa shape index (κ3) is 3.12. The van der Waals surface area contributed by atoms with Crippen molar-refractivity contribution in [2.24, 2.45) is 5.92 Å². The Hall–Kier alpha value is 0.0700. The Balaban J connectivity index is 1.64. The largest absolute Gasteiger partial charge is 0.376 e. The summed E-state index contributed by atoms with van der Waals surface area (Å²) in [5, 5.41) is 3.16. The Morgan fingerprint density at radius 3 is 3.00 bits per heavy atom. The Bertz CT molecular complexity index is 471. The SMILES string of the molecule is [2H]C[C@H]1O[C@@H]([3H])C[C@@H]1O[P@]1(=O)CCC[C@H]([C@H]2O[C@@H]([3H])C[C@@H]2C)N1. The molecule has 0 unspecified atom stereocenters. The molecule has 1 N–H and O–H groups in total. The molecule has 0 radical (unpaired) electrons. The minimum absolute atomic E-state index is 0.00671. The minimum atomic E-state index is -3.03. The minimum Gasteiger partial charge on any atom is -0.376 e. The van der Waals surface area contributed by atoms with Crippen molar-refractivity contribution in [1.29, 1.82) is 0 Å². The molecule has 0 saturated carbocycles. The highest BCUT2D eigenvalue weighted by Gasteiger charge is 2.42. The number of ether oxygens (including phenoxy) is 2. The molecule has 0 aliphatic carbocycles. The van der Waals surface area contributed by atoms with Gasteiger partial charge in [0.1, 0.15) is 0 Å². The van der Waals surface area contributed by atoms with Gasteiger partial charge in [0.25, 0.3) is 7.52 Å². The van der Waals surface area contributed by atoms with E-state index in [1.165, 1.54) is 0 Å². The first-order valence-electron chi connectivity index (χ1n) is 9.26. The summed E-state index contributed by atoms with van der Waals surface area (Å²) in [5.74, 6) is 0.259. The zero-order valence-electron chi connectivity index (χ0n) is 14.9. The smallest absolute Gasteiger partial charge is 0.270 e. The van der Waals surface area contributed by atoms with Crippen LogP contribution in [0.3, 0.4) is 0 Å². The summed E-state index contributed by atoms with van der Waals surface area (Å²) < 4.78 is 52.9. The fourth-order valence-electron chi connectivity index (χ4n) is 3.14. The molecule has 3 fully saturated rings. The first kappa shape index (κ1) is 11.6. The van der Waals surface area contributed by atoms with Crippen LogP contribution in [0.1, 0.15) is 43.6 Å². The van der Waals surface area contributed by atoms with Crippen LogP contribution in [0.25, 0.3) is 0 Å². The number of rotatable bonds is 3. The summed E-state index contributed by atoms with van der Waals surface area (Å²) in [6, 6.07) is -0.0662. The van der Waals surface area contributed by atoms with Crippen molar-refractivity contribution < 1.29 is 22.7 Å². The maximum atomic E-state index is 13.1. The fraction of sp³-hybridized carbons (Fsp3) is 1.00. The van der Waals surface area contributed by atoms with Gasteiger partial charge in [0.15, 0.2) is 0 Å². The van der Waals surface area contributed by atoms with Crippen LogP contribution in [-0.4, -0.2) is 43.7 Å². The summed E-state index contributed by atoms with van der Waals surface area (Å²) in [7, 11) is -3.03. The predicted octanol–water partition coefficient (Wildman–Crippen LogP) is 2.55. The summed E-state index contributed by atoms with van der Waals surface area (Å²) >= 11 is 0. The van der Waals surface area contributed by atoms with Crippen LogP contribution in [-0.2, 0) is 18.6 Å². The van der Waals surface area contributed by atoms with E-state index >= 15 is 0 Å². The van der Waals surface area contributed by atoms with Gasteiger partial charge in [-0.25, -0.2) is 5.09 Å². The Morgan fingerprint density at radius 2 is 2.25 bits per heavy atom. The van der Waals surface area contributed by atoms with Gasteiger partial charge in [-0.3, -0.25) is 4.57 Å². The molecule has 0 spiro atoms. The third-order valence-corrected chi connectivity index (χ3v) is 6.57. The lowest BCUT2D eigenvalue weighted by atomic mass is 9.95. The van der Waals surface area contributed by atoms with E-state index in [4.69, 9.17) is 18.1 Å². The van der Waals surface area contributed by atoms with Crippen LogP contribution in [0.15, 0.2) is 0 Å². The number of hydrogen-bond acceptors (Lipinski definition) is 4. The second-order valence-electron chi connectivity index (χ2n) is 5.98. The first-order valence-corrected chi connectivity index (χ1v) is 9.21. The molecule has 6 heteroatoms. The van der Waals surface area contributed by atoms with Crippen LogP contribution in [0.5, 0.6) is 0 Å². The molecule has 0 amide bonds. The van der Waals surface area contributed by atoms with E-state index in [1.807, 2.05) is 0 Å². The molecular weight excluding hydrogens is 277 g/mol. The maximum absolute atomic E-state index is 13.1. The lowest BCUT2D eigenvalue weighted by molar-refractivity contribution is 0.0517. The van der Waals surface area contributed by atoms with E-state index in [1.54, 1.807) is 0 Å². The summed E-state index contributed by atoms with van der Waals surface area (Å²) in [4.78, 5) is 0. The molecule has 3 heterocycles. The molecule has 20 heavy (non-hydrogen) atoms. The second kappa shape index (κ2) is 6.05. The van der Waals surface area contributed by atoms with Crippen molar-refractivity contribution in [1.82, 2.24) is 5.09 Å². The van der Waals surface area contributed by atoms with Gasteiger partial charge in [0, 0.05) is 26.7 Å². The van der Waals surface area contributed by atoms with Crippen molar-refractivity contribution in [2.75, 3.05) is 19.3 Å². The zero-order valence-corrected chi connectivity index (χ0v) is 12.8. The molecule has 0 aromatic rings. The fourth-order valence-corrected chi connectivity index (χ4v) is 5.48. The van der Waals surface area contributed by atoms with E-state index in [0.717, 1.165) is 12.8 Å². The standard InChI is InChI=1S/C14H26NO4P/c1-10-5-7-18-14(10)12-4-3-9-20(16,15-12)19-13-6-8-17-11(13)2/h10-14H,3-9H2,1-2H3,(H,15,16)/t10-,11+,12+,13-,14-,20+/m0/s1/i2D,7T,8T/t7-,8-,10-,11+,12+,13-,14-,20+. The number of nitrogens with one attached hydrogen (secondary N) is 1. The molecule has 116 valence electrons. The van der Waals surface area contributed by atoms with Crippen molar-refractivity contribution in [3.63, 3.8) is 0 Å². The Labute approximate surface area is 125 Å². The molecule has 8 atom stereocenters. The molecule has 5 nitrogen and oxygen atoms in total. The molecule has 3 saturated heterocycles. The van der Waals surface area contributed by atoms with Gasteiger partial charge in [-0.1, -0.05) is 6.92 Å². The monoisotopic (exact) mass is 308 g/mol. The molecule has 3 aliphatic rings. The third-order valence-electron chi connectivity index (χ3n) is 4.33. The van der Waals surface area contributed by atoms with Crippen molar-refractivity contribution in [2.45, 2.75) is 63.9 Å². The van der Waals surface area contributed by atoms with Crippen LogP contribution < -0.4 is 5.09 Å². The van der Waals surface area contributed by atoms with Gasteiger partial charge in [-0.15, -0.1) is 0 Å². The van der Waals surface area contributed by atoms with Crippen LogP contribution in [0, 0.1) is 5.92 Å². The zero-order chi connectivity index (χ0) is 16.6. The van der Waals surface area contributed by atoms with Crippen LogP contribution >= 0.6 is 7.52 Å². The lowest BCUT2D eigenvalue weighted by Gasteiger charge is -2.36. The Morgan fingerprint density at radius 1 is 1.40 bits per heavy atom. The van der Waals surface area contributed by atoms with Gasteiger partial charge >= 0.3 is 0 Å². The highest BCUT2D eigenvalue weighted by molar-refractivity contribution is 7.57. The van der Waals surface area contributed by atoms with Crippen LogP contribution in [0.4, 0.5) is 0 Å². The van der Waals surface area contributed by atoms with E-state index in [9.17, 15) is 4.57 Å². The molecule has 0 aromatic carbocycles. The lowest BCUT2D eigenvalue weighted by Crippen LogP contribution is -2.44. The van der Waals surface area contributed by atoms with E-state index in [0.29, 0.717) is 19.0 Å². The normalized spacial score (nSPS) is 59.0. The van der Waals surface area contributed by atoms with Gasteiger partial charge in [-0.05, 0) is 38.5 Å². The second-order valence-corrected chi connectivity index (χ2v) is 8.24. The van der Waals surface area contributed by atoms with Crippen molar-refractivity contribution >= 4 is 7.52 Å². The van der Waals surface area contributed by atoms with Gasteiger partial charge in [-0.2, -0.15) is 0 Å². The summed E-state index contributed by atoms with van der Waals surface area (Å²) in [6.45, 7) is 0.864.